The van der Waals surface area contributed by atoms with Crippen LogP contribution in [0.4, 0.5) is 0 Å². The highest BCUT2D eigenvalue weighted by Crippen LogP contribution is 2.17. The maximum atomic E-state index is 12.4. The van der Waals surface area contributed by atoms with Gasteiger partial charge in [-0.1, -0.05) is 42.5 Å². The molecule has 130 valence electrons. The predicted molar refractivity (Wildman–Crippen MR) is 102 cm³/mol. The van der Waals surface area contributed by atoms with Crippen molar-refractivity contribution in [2.75, 3.05) is 0 Å². The Balaban J connectivity index is 1.63. The molecule has 3 rings (SSSR count). The molecule has 0 aliphatic heterocycles. The van der Waals surface area contributed by atoms with E-state index in [0.29, 0.717) is 6.42 Å². The molecule has 0 aliphatic carbocycles. The van der Waals surface area contributed by atoms with Crippen LogP contribution in [0.1, 0.15) is 29.4 Å². The van der Waals surface area contributed by atoms with Gasteiger partial charge in [0.2, 0.25) is 5.91 Å². The van der Waals surface area contributed by atoms with Gasteiger partial charge in [-0.15, -0.1) is 0 Å². The van der Waals surface area contributed by atoms with Crippen LogP contribution in [0.3, 0.4) is 0 Å². The lowest BCUT2D eigenvalue weighted by Crippen LogP contribution is -2.35. The normalized spacial score (nSPS) is 12.3. The summed E-state index contributed by atoms with van der Waals surface area (Å²) >= 11 is 0. The number of fused-ring (bicyclic) bond motifs is 1. The fourth-order valence-electron chi connectivity index (χ4n) is 3.33. The molecule has 1 atom stereocenters. The molecule has 1 N–H and O–H groups in total. The molecule has 0 unspecified atom stereocenters. The fraction of sp³-hybridized carbons (Fsp3) is 0.333. The van der Waals surface area contributed by atoms with Crippen molar-refractivity contribution in [1.29, 1.82) is 0 Å². The number of rotatable bonds is 5. The van der Waals surface area contributed by atoms with Crippen LogP contribution in [0.15, 0.2) is 42.5 Å². The third-order valence-electron chi connectivity index (χ3n) is 4.76. The maximum Gasteiger partial charge on any atom is 0.224 e. The molecule has 0 bridgehead atoms. The van der Waals surface area contributed by atoms with Crippen LogP contribution in [0.5, 0.6) is 0 Å². The zero-order valence-electron chi connectivity index (χ0n) is 15.3. The second-order valence-electron chi connectivity index (χ2n) is 6.80. The molecule has 1 heterocycles. The number of benzene rings is 2. The van der Waals surface area contributed by atoms with Gasteiger partial charge in [0.25, 0.3) is 0 Å². The van der Waals surface area contributed by atoms with Crippen LogP contribution in [0, 0.1) is 13.8 Å². The molecule has 25 heavy (non-hydrogen) atoms. The summed E-state index contributed by atoms with van der Waals surface area (Å²) in [5.74, 6) is 0.0486. The van der Waals surface area contributed by atoms with Crippen LogP contribution in [0.2, 0.25) is 0 Å². The van der Waals surface area contributed by atoms with Crippen molar-refractivity contribution in [3.8, 4) is 0 Å². The van der Waals surface area contributed by atoms with Crippen molar-refractivity contribution in [3.05, 3.63) is 65.0 Å². The largest absolute Gasteiger partial charge is 0.353 e. The summed E-state index contributed by atoms with van der Waals surface area (Å²) in [6, 6.07) is 14.9. The quantitative estimate of drug-likeness (QED) is 0.776. The lowest BCUT2D eigenvalue weighted by atomic mass is 10.0. The number of hydrogen-bond donors (Lipinski definition) is 1. The first kappa shape index (κ1) is 17.2. The van der Waals surface area contributed by atoms with E-state index < -0.39 is 0 Å². The zero-order valence-corrected chi connectivity index (χ0v) is 15.3. The minimum Gasteiger partial charge on any atom is -0.353 e. The van der Waals surface area contributed by atoms with Crippen molar-refractivity contribution >= 4 is 16.7 Å². The summed E-state index contributed by atoms with van der Waals surface area (Å²) in [5.41, 5.74) is 4.24. The number of amides is 1. The predicted octanol–water partition coefficient (Wildman–Crippen LogP) is 3.48. The summed E-state index contributed by atoms with van der Waals surface area (Å²) < 4.78 is 1.83. The number of nitrogens with zero attached hydrogens (tertiary/aromatic N) is 2. The van der Waals surface area contributed by atoms with Gasteiger partial charge in [0.15, 0.2) is 0 Å². The second-order valence-corrected chi connectivity index (χ2v) is 6.80. The molecule has 0 fully saturated rings. The molecule has 4 nitrogen and oxygen atoms in total. The van der Waals surface area contributed by atoms with Crippen molar-refractivity contribution in [2.45, 2.75) is 39.7 Å². The number of carbonyl (C=O) groups is 1. The highest BCUT2D eigenvalue weighted by atomic mass is 16.1. The molecule has 1 amide bonds. The van der Waals surface area contributed by atoms with Gasteiger partial charge in [0, 0.05) is 24.3 Å². The van der Waals surface area contributed by atoms with Gasteiger partial charge in [-0.05, 0) is 43.5 Å². The maximum absolute atomic E-state index is 12.4. The summed E-state index contributed by atoms with van der Waals surface area (Å²) in [7, 11) is 1.91. The van der Waals surface area contributed by atoms with Crippen molar-refractivity contribution in [1.82, 2.24) is 15.1 Å². The van der Waals surface area contributed by atoms with Gasteiger partial charge in [-0.25, -0.2) is 0 Å². The third-order valence-corrected chi connectivity index (χ3v) is 4.76. The van der Waals surface area contributed by atoms with E-state index in [9.17, 15) is 4.79 Å². The highest BCUT2D eigenvalue weighted by Gasteiger charge is 2.15. The SMILES string of the molecule is Cc1nn(C)c(C)c1CC(=O)N[C@H](C)Cc1ccc2ccccc2c1. The first-order chi connectivity index (χ1) is 11.9. The fourth-order valence-corrected chi connectivity index (χ4v) is 3.33. The Bertz CT molecular complexity index is 911. The van der Waals surface area contributed by atoms with Gasteiger partial charge in [-0.3, -0.25) is 9.48 Å². The Morgan fingerprint density at radius 2 is 1.88 bits per heavy atom. The molecule has 3 aromatic rings. The Kier molecular flexibility index (Phi) is 4.88. The topological polar surface area (TPSA) is 46.9 Å². The summed E-state index contributed by atoms with van der Waals surface area (Å²) in [6.45, 7) is 6.01. The molecular weight excluding hydrogens is 310 g/mol. The van der Waals surface area contributed by atoms with Gasteiger partial charge in [-0.2, -0.15) is 5.10 Å². The first-order valence-electron chi connectivity index (χ1n) is 8.70. The zero-order chi connectivity index (χ0) is 18.0. The minimum atomic E-state index is 0.0486. The van der Waals surface area contributed by atoms with Gasteiger partial charge in [0.1, 0.15) is 0 Å². The standard InChI is InChI=1S/C21H25N3O/c1-14(11-17-9-10-18-7-5-6-8-19(18)12-17)22-21(25)13-20-15(2)23-24(4)16(20)3/h5-10,12,14H,11,13H2,1-4H3,(H,22,25)/t14-/m1/s1. The minimum absolute atomic E-state index is 0.0486. The number of aryl methyl sites for hydroxylation is 2. The van der Waals surface area contributed by atoms with E-state index in [4.69, 9.17) is 0 Å². The third kappa shape index (κ3) is 3.90. The first-order valence-corrected chi connectivity index (χ1v) is 8.70. The van der Waals surface area contributed by atoms with E-state index in [-0.39, 0.29) is 11.9 Å². The van der Waals surface area contributed by atoms with Crippen molar-refractivity contribution < 1.29 is 4.79 Å². The van der Waals surface area contributed by atoms with Gasteiger partial charge < -0.3 is 5.32 Å². The smallest absolute Gasteiger partial charge is 0.224 e. The average molecular weight is 335 g/mol. The molecule has 2 aromatic carbocycles. The summed E-state index contributed by atoms with van der Waals surface area (Å²) in [6.07, 6.45) is 1.20. The van der Waals surface area contributed by atoms with Gasteiger partial charge in [0.05, 0.1) is 12.1 Å². The van der Waals surface area contributed by atoms with Gasteiger partial charge >= 0.3 is 0 Å². The Morgan fingerprint density at radius 3 is 2.56 bits per heavy atom. The van der Waals surface area contributed by atoms with E-state index in [1.807, 2.05) is 31.6 Å². The molecule has 0 spiro atoms. The average Bonchev–Trinajstić information content (AvgIpc) is 2.81. The van der Waals surface area contributed by atoms with E-state index in [2.05, 4.69) is 53.7 Å². The van der Waals surface area contributed by atoms with Crippen LogP contribution in [0.25, 0.3) is 10.8 Å². The Labute approximate surface area is 148 Å². The van der Waals surface area contributed by atoms with Crippen molar-refractivity contribution in [2.24, 2.45) is 7.05 Å². The summed E-state index contributed by atoms with van der Waals surface area (Å²) in [5, 5.41) is 9.97. The summed E-state index contributed by atoms with van der Waals surface area (Å²) in [4.78, 5) is 12.4. The van der Waals surface area contributed by atoms with Crippen LogP contribution in [-0.2, 0) is 24.7 Å². The molecule has 1 aromatic heterocycles. The Hall–Kier alpha value is -2.62. The monoisotopic (exact) mass is 335 g/mol. The molecule has 0 aliphatic rings. The molecular formula is C21H25N3O. The molecule has 4 heteroatoms. The Morgan fingerprint density at radius 1 is 1.16 bits per heavy atom. The van der Waals surface area contributed by atoms with E-state index in [1.165, 1.54) is 16.3 Å². The lowest BCUT2D eigenvalue weighted by Gasteiger charge is -2.15. The number of hydrogen-bond acceptors (Lipinski definition) is 2. The number of nitrogens with one attached hydrogen (secondary N) is 1. The molecule has 0 saturated heterocycles. The number of aromatic nitrogens is 2. The van der Waals surface area contributed by atoms with E-state index >= 15 is 0 Å². The molecule has 0 saturated carbocycles. The number of carbonyl (C=O) groups excluding carboxylic acids is 1. The van der Waals surface area contributed by atoms with Crippen molar-refractivity contribution in [3.63, 3.8) is 0 Å². The van der Waals surface area contributed by atoms with Crippen LogP contribution < -0.4 is 5.32 Å². The van der Waals surface area contributed by atoms with E-state index in [1.54, 1.807) is 0 Å². The highest BCUT2D eigenvalue weighted by molar-refractivity contribution is 5.83. The van der Waals surface area contributed by atoms with Crippen LogP contribution >= 0.6 is 0 Å². The van der Waals surface area contributed by atoms with Crippen LogP contribution in [-0.4, -0.2) is 21.7 Å². The second kappa shape index (κ2) is 7.09. The molecule has 0 radical (unpaired) electrons. The van der Waals surface area contributed by atoms with E-state index in [0.717, 1.165) is 23.4 Å². The lowest BCUT2D eigenvalue weighted by molar-refractivity contribution is -0.121.